The van der Waals surface area contributed by atoms with Crippen molar-refractivity contribution in [2.75, 3.05) is 0 Å². The van der Waals surface area contributed by atoms with Gasteiger partial charge in [0.15, 0.2) is 0 Å². The van der Waals surface area contributed by atoms with Crippen molar-refractivity contribution in [3.05, 3.63) is 72.9 Å². The van der Waals surface area contributed by atoms with Crippen LogP contribution in [0.2, 0.25) is 0 Å². The Morgan fingerprint density at radius 2 is 2.10 bits per heavy atom. The molecule has 1 aromatic heterocycles. The van der Waals surface area contributed by atoms with Gasteiger partial charge < -0.3 is 9.88 Å². The summed E-state index contributed by atoms with van der Waals surface area (Å²) in [5, 5.41) is 2.86. The molecular formula is C17H19N3O. The molecule has 4 heteroatoms. The number of nitrogens with one attached hydrogen (secondary N) is 1. The Labute approximate surface area is 124 Å². The fraction of sp³-hybridized carbons (Fsp3) is 0.176. The first-order valence-corrected chi connectivity index (χ1v) is 6.78. The molecule has 1 heterocycles. The lowest BCUT2D eigenvalue weighted by Gasteiger charge is -2.11. The lowest BCUT2D eigenvalue weighted by atomic mass is 10.2. The fourth-order valence-electron chi connectivity index (χ4n) is 2.03. The average Bonchev–Trinajstić information content (AvgIpc) is 2.89. The largest absolute Gasteiger partial charge is 0.347 e. The number of rotatable bonds is 6. The molecule has 0 spiro atoms. The second-order valence-corrected chi connectivity index (χ2v) is 4.80. The van der Waals surface area contributed by atoms with E-state index < -0.39 is 0 Å². The Morgan fingerprint density at radius 3 is 2.71 bits per heavy atom. The summed E-state index contributed by atoms with van der Waals surface area (Å²) in [6.07, 6.45) is 4.25. The van der Waals surface area contributed by atoms with Gasteiger partial charge in [0.05, 0.1) is 24.3 Å². The highest BCUT2D eigenvalue weighted by Gasteiger charge is 2.12. The molecule has 0 radical (unpaired) electrons. The molecule has 4 nitrogen and oxygen atoms in total. The summed E-state index contributed by atoms with van der Waals surface area (Å²) < 4.78 is 1.98. The van der Waals surface area contributed by atoms with Crippen LogP contribution in [0.1, 0.15) is 18.3 Å². The lowest BCUT2D eigenvalue weighted by Crippen LogP contribution is -2.24. The Hall–Kier alpha value is -2.62. The van der Waals surface area contributed by atoms with E-state index in [0.717, 1.165) is 17.1 Å². The predicted octanol–water partition coefficient (Wildman–Crippen LogP) is 2.79. The number of allylic oxidation sites excluding steroid dienone is 1. The number of nitrogens with zero attached hydrogens (tertiary/aromatic N) is 2. The van der Waals surface area contributed by atoms with Gasteiger partial charge in [0, 0.05) is 17.7 Å². The molecule has 0 saturated heterocycles. The summed E-state index contributed by atoms with van der Waals surface area (Å²) in [5.41, 5.74) is 3.37. The SMILES string of the molecule is C=CCc1ncn(-c2ccccc2)c1CNC(=O)C(=C)C. The van der Waals surface area contributed by atoms with E-state index in [4.69, 9.17) is 0 Å². The summed E-state index contributed by atoms with van der Waals surface area (Å²) in [7, 11) is 0. The number of carbonyl (C=O) groups excluding carboxylic acids is 1. The van der Waals surface area contributed by atoms with Gasteiger partial charge in [-0.2, -0.15) is 0 Å². The van der Waals surface area contributed by atoms with Gasteiger partial charge in [0.2, 0.25) is 5.91 Å². The number of hydrogen-bond acceptors (Lipinski definition) is 2. The van der Waals surface area contributed by atoms with Crippen molar-refractivity contribution >= 4 is 5.91 Å². The number of para-hydroxylation sites is 1. The first kappa shape index (κ1) is 14.8. The molecule has 21 heavy (non-hydrogen) atoms. The number of aromatic nitrogens is 2. The van der Waals surface area contributed by atoms with Crippen molar-refractivity contribution < 1.29 is 4.79 Å². The molecule has 1 aromatic carbocycles. The summed E-state index contributed by atoms with van der Waals surface area (Å²) in [5.74, 6) is -0.152. The van der Waals surface area contributed by atoms with Gasteiger partial charge in [-0.05, 0) is 19.1 Å². The van der Waals surface area contributed by atoms with Crippen LogP contribution in [0.25, 0.3) is 5.69 Å². The highest BCUT2D eigenvalue weighted by atomic mass is 16.1. The molecule has 1 amide bonds. The molecule has 0 aliphatic rings. The fourth-order valence-corrected chi connectivity index (χ4v) is 2.03. The smallest absolute Gasteiger partial charge is 0.246 e. The van der Waals surface area contributed by atoms with Crippen LogP contribution in [0.15, 0.2) is 61.5 Å². The number of amides is 1. The minimum absolute atomic E-state index is 0.152. The van der Waals surface area contributed by atoms with Crippen molar-refractivity contribution in [3.8, 4) is 5.69 Å². The van der Waals surface area contributed by atoms with Gasteiger partial charge in [0.1, 0.15) is 0 Å². The summed E-state index contributed by atoms with van der Waals surface area (Å²) in [6.45, 7) is 9.49. The number of hydrogen-bond donors (Lipinski definition) is 1. The lowest BCUT2D eigenvalue weighted by molar-refractivity contribution is -0.117. The third-order valence-corrected chi connectivity index (χ3v) is 3.13. The van der Waals surface area contributed by atoms with Gasteiger partial charge in [-0.15, -0.1) is 6.58 Å². The Kier molecular flexibility index (Phi) is 4.72. The van der Waals surface area contributed by atoms with Gasteiger partial charge >= 0.3 is 0 Å². The molecule has 108 valence electrons. The molecule has 0 unspecified atom stereocenters. The van der Waals surface area contributed by atoms with Crippen LogP contribution in [0.3, 0.4) is 0 Å². The molecule has 0 aliphatic carbocycles. The molecule has 1 N–H and O–H groups in total. The molecule has 0 bridgehead atoms. The second-order valence-electron chi connectivity index (χ2n) is 4.80. The quantitative estimate of drug-likeness (QED) is 0.654. The van der Waals surface area contributed by atoms with E-state index in [1.54, 1.807) is 13.3 Å². The zero-order valence-electron chi connectivity index (χ0n) is 12.2. The number of benzene rings is 1. The normalized spacial score (nSPS) is 10.1. The molecule has 2 aromatic rings. The van der Waals surface area contributed by atoms with Crippen LogP contribution in [-0.2, 0) is 17.8 Å². The van der Waals surface area contributed by atoms with Crippen molar-refractivity contribution in [1.82, 2.24) is 14.9 Å². The predicted molar refractivity (Wildman–Crippen MR) is 84.1 cm³/mol. The molecule has 0 atom stereocenters. The van der Waals surface area contributed by atoms with Crippen LogP contribution >= 0.6 is 0 Å². The van der Waals surface area contributed by atoms with Crippen molar-refractivity contribution in [1.29, 1.82) is 0 Å². The van der Waals surface area contributed by atoms with E-state index in [2.05, 4.69) is 23.5 Å². The van der Waals surface area contributed by atoms with E-state index in [0.29, 0.717) is 18.5 Å². The standard InChI is InChI=1S/C17H19N3O/c1-4-8-15-16(11-18-17(21)13(2)3)20(12-19-15)14-9-6-5-7-10-14/h4-7,9-10,12H,1-2,8,11H2,3H3,(H,18,21). The van der Waals surface area contributed by atoms with E-state index in [1.807, 2.05) is 41.0 Å². The maximum absolute atomic E-state index is 11.7. The van der Waals surface area contributed by atoms with Gasteiger partial charge in [0.25, 0.3) is 0 Å². The number of imidazole rings is 1. The van der Waals surface area contributed by atoms with Gasteiger partial charge in [-0.3, -0.25) is 4.79 Å². The summed E-state index contributed by atoms with van der Waals surface area (Å²) in [4.78, 5) is 16.1. The van der Waals surface area contributed by atoms with Crippen molar-refractivity contribution in [3.63, 3.8) is 0 Å². The number of carbonyl (C=O) groups is 1. The Balaban J connectivity index is 2.31. The van der Waals surface area contributed by atoms with E-state index in [-0.39, 0.29) is 5.91 Å². The van der Waals surface area contributed by atoms with E-state index in [9.17, 15) is 4.79 Å². The van der Waals surface area contributed by atoms with Crippen LogP contribution in [0.5, 0.6) is 0 Å². The highest BCUT2D eigenvalue weighted by Crippen LogP contribution is 2.15. The minimum atomic E-state index is -0.152. The maximum atomic E-state index is 11.7. The summed E-state index contributed by atoms with van der Waals surface area (Å²) in [6, 6.07) is 9.91. The second kappa shape index (κ2) is 6.70. The van der Waals surface area contributed by atoms with E-state index in [1.165, 1.54) is 0 Å². The average molecular weight is 281 g/mol. The zero-order valence-corrected chi connectivity index (χ0v) is 12.2. The molecule has 0 fully saturated rings. The van der Waals surface area contributed by atoms with Crippen molar-refractivity contribution in [2.24, 2.45) is 0 Å². The van der Waals surface area contributed by atoms with Crippen LogP contribution < -0.4 is 5.32 Å². The zero-order chi connectivity index (χ0) is 15.2. The molecular weight excluding hydrogens is 262 g/mol. The van der Waals surface area contributed by atoms with Crippen molar-refractivity contribution in [2.45, 2.75) is 19.9 Å². The molecule has 2 rings (SSSR count). The highest BCUT2D eigenvalue weighted by molar-refractivity contribution is 5.92. The monoisotopic (exact) mass is 281 g/mol. The topological polar surface area (TPSA) is 46.9 Å². The first-order valence-electron chi connectivity index (χ1n) is 6.78. The Bertz CT molecular complexity index is 656. The molecule has 0 aliphatic heterocycles. The van der Waals surface area contributed by atoms with Gasteiger partial charge in [-0.1, -0.05) is 30.9 Å². The van der Waals surface area contributed by atoms with Crippen LogP contribution in [0, 0.1) is 0 Å². The third-order valence-electron chi connectivity index (χ3n) is 3.13. The third kappa shape index (κ3) is 3.48. The first-order chi connectivity index (χ1) is 10.1. The van der Waals surface area contributed by atoms with Gasteiger partial charge in [-0.25, -0.2) is 4.98 Å². The minimum Gasteiger partial charge on any atom is -0.347 e. The summed E-state index contributed by atoms with van der Waals surface area (Å²) >= 11 is 0. The molecule has 0 saturated carbocycles. The van der Waals surface area contributed by atoms with Crippen LogP contribution in [0.4, 0.5) is 0 Å². The Morgan fingerprint density at radius 1 is 1.38 bits per heavy atom. The van der Waals surface area contributed by atoms with E-state index >= 15 is 0 Å². The van der Waals surface area contributed by atoms with Crippen LogP contribution in [-0.4, -0.2) is 15.5 Å². The maximum Gasteiger partial charge on any atom is 0.246 e.